The second-order valence-electron chi connectivity index (χ2n) is 9.37. The van der Waals surface area contributed by atoms with Gasteiger partial charge < -0.3 is 24.6 Å². The average molecular weight is 451 g/mol. The summed E-state index contributed by atoms with van der Waals surface area (Å²) in [4.78, 5) is 28.2. The Morgan fingerprint density at radius 3 is 2.73 bits per heavy atom. The summed E-state index contributed by atoms with van der Waals surface area (Å²) in [5, 5.41) is 13.3. The van der Waals surface area contributed by atoms with Crippen molar-refractivity contribution in [2.75, 3.05) is 32.7 Å². The topological polar surface area (TPSA) is 105 Å². The third-order valence-electron chi connectivity index (χ3n) is 7.29. The minimum Gasteiger partial charge on any atom is -0.497 e. The van der Waals surface area contributed by atoms with E-state index in [9.17, 15) is 9.90 Å². The van der Waals surface area contributed by atoms with Gasteiger partial charge in [0, 0.05) is 39.1 Å². The maximum Gasteiger partial charge on any atom is 0.220 e. The first-order valence-electron chi connectivity index (χ1n) is 11.4. The van der Waals surface area contributed by atoms with Gasteiger partial charge in [-0.2, -0.15) is 0 Å². The predicted octanol–water partition coefficient (Wildman–Crippen LogP) is 1.75. The molecule has 5 rings (SSSR count). The van der Waals surface area contributed by atoms with E-state index in [0.717, 1.165) is 41.1 Å². The molecule has 0 aliphatic heterocycles. The van der Waals surface area contributed by atoms with E-state index in [1.165, 1.54) is 0 Å². The van der Waals surface area contributed by atoms with Crippen LogP contribution in [0.5, 0.6) is 5.75 Å². The van der Waals surface area contributed by atoms with Crippen LogP contribution in [0.2, 0.25) is 0 Å². The summed E-state index contributed by atoms with van der Waals surface area (Å²) < 4.78 is 7.33. The van der Waals surface area contributed by atoms with Gasteiger partial charge in [-0.25, -0.2) is 15.0 Å². The Morgan fingerprint density at radius 1 is 1.24 bits per heavy atom. The van der Waals surface area contributed by atoms with Crippen LogP contribution in [0.3, 0.4) is 0 Å². The number of rotatable bonds is 8. The third-order valence-corrected chi connectivity index (χ3v) is 7.29. The van der Waals surface area contributed by atoms with Crippen molar-refractivity contribution >= 4 is 22.9 Å². The molecular formula is C24H30N6O3. The lowest BCUT2D eigenvalue weighted by atomic mass is 9.98. The van der Waals surface area contributed by atoms with Gasteiger partial charge in [0.05, 0.1) is 19.0 Å². The second-order valence-corrected chi connectivity index (χ2v) is 9.37. The van der Waals surface area contributed by atoms with Crippen LogP contribution < -0.4 is 15.0 Å². The highest BCUT2D eigenvalue weighted by molar-refractivity contribution is 5.83. The first-order chi connectivity index (χ1) is 16.0. The van der Waals surface area contributed by atoms with Gasteiger partial charge >= 0.3 is 0 Å². The molecule has 2 aromatic heterocycles. The van der Waals surface area contributed by atoms with Crippen molar-refractivity contribution in [1.29, 1.82) is 0 Å². The number of aliphatic hydroxyl groups is 1. The standard InChI is InChI=1S/C24H30N6O3/c1-29(2)22-21-23(26-13-25-22)30(14-27-21)24-10-18(24)17(12-31)19(11-24)28-20(32)9-6-15-4-7-16(33-3)8-5-15/h4-5,7-8,13-14,17-19,31H,6,9-12H2,1-3H3,(H,28,32)/t17-,18-,19-,24-/m0/s1. The van der Waals surface area contributed by atoms with Crippen LogP contribution in [0.25, 0.3) is 11.2 Å². The lowest BCUT2D eigenvalue weighted by molar-refractivity contribution is -0.122. The van der Waals surface area contributed by atoms with Gasteiger partial charge in [0.1, 0.15) is 12.1 Å². The van der Waals surface area contributed by atoms with Gasteiger partial charge in [0.25, 0.3) is 0 Å². The minimum absolute atomic E-state index is 0.0124. The molecule has 9 nitrogen and oxygen atoms in total. The summed E-state index contributed by atoms with van der Waals surface area (Å²) >= 11 is 0. The van der Waals surface area contributed by atoms with Crippen molar-refractivity contribution in [2.45, 2.75) is 37.3 Å². The molecule has 174 valence electrons. The van der Waals surface area contributed by atoms with Crippen molar-refractivity contribution in [3.63, 3.8) is 0 Å². The molecule has 2 N–H and O–H groups in total. The lowest BCUT2D eigenvalue weighted by Crippen LogP contribution is -2.41. The van der Waals surface area contributed by atoms with E-state index in [4.69, 9.17) is 4.74 Å². The Kier molecular flexibility index (Phi) is 5.44. The van der Waals surface area contributed by atoms with Crippen LogP contribution in [0.4, 0.5) is 5.82 Å². The van der Waals surface area contributed by atoms with E-state index in [1.807, 2.05) is 49.6 Å². The molecule has 0 spiro atoms. The van der Waals surface area contributed by atoms with Crippen molar-refractivity contribution in [2.24, 2.45) is 11.8 Å². The van der Waals surface area contributed by atoms with E-state index in [2.05, 4.69) is 24.8 Å². The summed E-state index contributed by atoms with van der Waals surface area (Å²) in [6.07, 6.45) is 6.21. The number of aromatic nitrogens is 4. The number of aryl methyl sites for hydroxylation is 1. The number of nitrogens with zero attached hydrogens (tertiary/aromatic N) is 5. The summed E-state index contributed by atoms with van der Waals surface area (Å²) in [5.74, 6) is 1.93. The zero-order valence-corrected chi connectivity index (χ0v) is 19.2. The van der Waals surface area contributed by atoms with Crippen LogP contribution in [0.1, 0.15) is 24.8 Å². The fourth-order valence-electron chi connectivity index (χ4n) is 5.51. The van der Waals surface area contributed by atoms with Crippen molar-refractivity contribution in [3.05, 3.63) is 42.5 Å². The van der Waals surface area contributed by atoms with Crippen LogP contribution in [0.15, 0.2) is 36.9 Å². The third kappa shape index (κ3) is 3.70. The highest BCUT2D eigenvalue weighted by Gasteiger charge is 2.67. The number of nitrogens with one attached hydrogen (secondary N) is 1. The van der Waals surface area contributed by atoms with Crippen molar-refractivity contribution < 1.29 is 14.6 Å². The van der Waals surface area contributed by atoms with Gasteiger partial charge in [-0.05, 0) is 42.9 Å². The minimum atomic E-state index is -0.159. The largest absolute Gasteiger partial charge is 0.497 e. The van der Waals surface area contributed by atoms with Gasteiger partial charge in [0.15, 0.2) is 17.0 Å². The molecule has 1 aromatic carbocycles. The molecule has 2 fully saturated rings. The molecular weight excluding hydrogens is 420 g/mol. The second kappa shape index (κ2) is 8.30. The van der Waals surface area contributed by atoms with E-state index in [0.29, 0.717) is 18.8 Å². The zero-order valence-electron chi connectivity index (χ0n) is 19.2. The Morgan fingerprint density at radius 2 is 2.03 bits per heavy atom. The molecule has 2 aliphatic rings. The zero-order chi connectivity index (χ0) is 23.2. The number of hydrogen-bond acceptors (Lipinski definition) is 7. The maximum absolute atomic E-state index is 12.7. The smallest absolute Gasteiger partial charge is 0.220 e. The van der Waals surface area contributed by atoms with E-state index < -0.39 is 0 Å². The highest BCUT2D eigenvalue weighted by atomic mass is 16.5. The Labute approximate surface area is 192 Å². The number of methoxy groups -OCH3 is 1. The van der Waals surface area contributed by atoms with E-state index in [1.54, 1.807) is 13.4 Å². The fraction of sp³-hybridized carbons (Fsp3) is 0.500. The number of imidazole rings is 1. The van der Waals surface area contributed by atoms with Crippen LogP contribution >= 0.6 is 0 Å². The number of amides is 1. The Balaban J connectivity index is 1.29. The molecule has 33 heavy (non-hydrogen) atoms. The number of benzene rings is 1. The average Bonchev–Trinajstić information content (AvgIpc) is 3.21. The molecule has 0 radical (unpaired) electrons. The molecule has 0 bridgehead atoms. The first-order valence-corrected chi connectivity index (χ1v) is 11.4. The number of aliphatic hydroxyl groups excluding tert-OH is 1. The molecule has 2 heterocycles. The first kappa shape index (κ1) is 21.6. The Hall–Kier alpha value is -3.20. The van der Waals surface area contributed by atoms with Gasteiger partial charge in [0.2, 0.25) is 5.91 Å². The number of anilines is 1. The highest BCUT2D eigenvalue weighted by Crippen LogP contribution is 2.64. The number of hydrogen-bond donors (Lipinski definition) is 2. The monoisotopic (exact) mass is 450 g/mol. The van der Waals surface area contributed by atoms with E-state index >= 15 is 0 Å². The molecule has 2 saturated carbocycles. The summed E-state index contributed by atoms with van der Waals surface area (Å²) in [6, 6.07) is 7.71. The van der Waals surface area contributed by atoms with Crippen LogP contribution in [0, 0.1) is 11.8 Å². The Bertz CT molecular complexity index is 1160. The summed E-state index contributed by atoms with van der Waals surface area (Å²) in [7, 11) is 5.52. The molecule has 9 heteroatoms. The summed E-state index contributed by atoms with van der Waals surface area (Å²) in [5.41, 5.74) is 2.51. The normalized spacial score (nSPS) is 25.6. The number of carbonyl (C=O) groups is 1. The fourth-order valence-corrected chi connectivity index (χ4v) is 5.51. The molecule has 0 saturated heterocycles. The number of fused-ring (bicyclic) bond motifs is 2. The summed E-state index contributed by atoms with van der Waals surface area (Å²) in [6.45, 7) is 0.0560. The molecule has 1 amide bonds. The molecule has 2 aliphatic carbocycles. The van der Waals surface area contributed by atoms with Gasteiger partial charge in [-0.3, -0.25) is 4.79 Å². The SMILES string of the molecule is COc1ccc(CCC(=O)N[C@H]2C[C@@]3(n4cnc5c(N(C)C)ncnc54)C[C@H]3[C@@H]2CO)cc1. The van der Waals surface area contributed by atoms with Crippen LogP contribution in [-0.4, -0.2) is 64.4 Å². The number of carbonyl (C=O) groups excluding carboxylic acids is 1. The van der Waals surface area contributed by atoms with Crippen LogP contribution in [-0.2, 0) is 16.8 Å². The van der Waals surface area contributed by atoms with Crippen molar-refractivity contribution in [1.82, 2.24) is 24.8 Å². The quantitative estimate of drug-likeness (QED) is 0.539. The molecule has 0 unspecified atom stereocenters. The maximum atomic E-state index is 12.7. The molecule has 3 aromatic rings. The van der Waals surface area contributed by atoms with Crippen molar-refractivity contribution in [3.8, 4) is 5.75 Å². The van der Waals surface area contributed by atoms with Gasteiger partial charge in [-0.1, -0.05) is 12.1 Å². The predicted molar refractivity (Wildman–Crippen MR) is 124 cm³/mol. The number of ether oxygens (including phenoxy) is 1. The van der Waals surface area contributed by atoms with E-state index in [-0.39, 0.29) is 30.0 Å². The van der Waals surface area contributed by atoms with Gasteiger partial charge in [-0.15, -0.1) is 0 Å². The molecule has 4 atom stereocenters. The lowest BCUT2D eigenvalue weighted by Gasteiger charge is -2.23.